The summed E-state index contributed by atoms with van der Waals surface area (Å²) in [7, 11) is 0. The first-order valence-corrected chi connectivity index (χ1v) is 12.0. The first kappa shape index (κ1) is 33.1. The molecule has 0 amide bonds. The van der Waals surface area contributed by atoms with E-state index < -0.39 is 0 Å². The van der Waals surface area contributed by atoms with Crippen molar-refractivity contribution in [1.82, 2.24) is 9.55 Å². The minimum atomic E-state index is 0. The van der Waals surface area contributed by atoms with Gasteiger partial charge in [0.2, 0.25) is 0 Å². The van der Waals surface area contributed by atoms with Crippen molar-refractivity contribution in [3.05, 3.63) is 136 Å². The van der Waals surface area contributed by atoms with Crippen LogP contribution in [-0.4, -0.2) is 9.55 Å². The second-order valence-corrected chi connectivity index (χ2v) is 9.39. The zero-order chi connectivity index (χ0) is 23.7. The third kappa shape index (κ3) is 6.72. The molecule has 2 heterocycles. The van der Waals surface area contributed by atoms with Crippen LogP contribution in [0.4, 0.5) is 11.5 Å². The van der Waals surface area contributed by atoms with Gasteiger partial charge in [0.15, 0.2) is 0 Å². The first-order chi connectivity index (χ1) is 16.5. The maximum atomic E-state index is 5.09. The van der Waals surface area contributed by atoms with E-state index in [0.29, 0.717) is 11.8 Å². The summed E-state index contributed by atoms with van der Waals surface area (Å²) in [5, 5.41) is 6.19. The van der Waals surface area contributed by atoms with Crippen molar-refractivity contribution in [2.75, 3.05) is 0 Å². The van der Waals surface area contributed by atoms with Gasteiger partial charge in [0.25, 0.3) is 0 Å². The summed E-state index contributed by atoms with van der Waals surface area (Å²) in [6, 6.07) is 31.8. The second kappa shape index (κ2) is 14.3. The molecule has 0 fully saturated rings. The van der Waals surface area contributed by atoms with Gasteiger partial charge in [0, 0.05) is 17.5 Å². The van der Waals surface area contributed by atoms with E-state index >= 15 is 0 Å². The number of para-hydroxylation sites is 1. The summed E-state index contributed by atoms with van der Waals surface area (Å²) in [6.45, 7) is 8.89. The SMILES string of the molecule is CC(C)c1cccc(C(C)C)c1[N-]c1ccc2ccn(-c3cccc(-c4ccccc4)c3)c2n1.[CH3-].[CH3-].[CH3-].[Zr+3]. The average molecular weight is 581 g/mol. The molecule has 0 aliphatic rings. The maximum absolute atomic E-state index is 5.09. The van der Waals surface area contributed by atoms with Gasteiger partial charge in [0.1, 0.15) is 0 Å². The van der Waals surface area contributed by atoms with E-state index in [1.165, 1.54) is 22.3 Å². The Morgan fingerprint density at radius 1 is 0.658 bits per heavy atom. The van der Waals surface area contributed by atoms with Crippen LogP contribution in [0.5, 0.6) is 0 Å². The number of nitrogens with zero attached hydrogens (tertiary/aromatic N) is 3. The maximum Gasteiger partial charge on any atom is 3.00 e. The molecule has 0 spiro atoms. The largest absolute Gasteiger partial charge is 3.00 e. The minimum Gasteiger partial charge on any atom is -0.436 e. The van der Waals surface area contributed by atoms with Gasteiger partial charge in [-0.1, -0.05) is 106 Å². The van der Waals surface area contributed by atoms with Gasteiger partial charge in [-0.05, 0) is 63.4 Å². The van der Waals surface area contributed by atoms with E-state index in [1.807, 2.05) is 12.1 Å². The van der Waals surface area contributed by atoms with E-state index in [9.17, 15) is 0 Å². The fraction of sp³-hybridized carbons (Fsp3) is 0.176. The molecule has 3 nitrogen and oxygen atoms in total. The van der Waals surface area contributed by atoms with Gasteiger partial charge in [-0.3, -0.25) is 0 Å². The number of benzene rings is 3. The van der Waals surface area contributed by atoms with E-state index in [0.717, 1.165) is 28.2 Å². The van der Waals surface area contributed by atoms with Crippen LogP contribution in [0.1, 0.15) is 50.7 Å². The number of rotatable bonds is 6. The van der Waals surface area contributed by atoms with Crippen LogP contribution in [0.15, 0.2) is 97.2 Å². The first-order valence-electron chi connectivity index (χ1n) is 12.0. The predicted molar refractivity (Wildman–Crippen MR) is 163 cm³/mol. The summed E-state index contributed by atoms with van der Waals surface area (Å²) < 4.78 is 2.15. The van der Waals surface area contributed by atoms with Crippen LogP contribution in [0.2, 0.25) is 0 Å². The quantitative estimate of drug-likeness (QED) is 0.184. The number of hydrogen-bond donors (Lipinski definition) is 0. The standard InChI is InChI=1S/C31H30N3.3CH3.Zr/c1-21(2)27-14-9-15-28(22(3)4)30(27)32-29-17-16-24-18-19-34(31(24)33-29)26-13-8-12-25(20-26)23-10-6-5-7-11-23;;;;/h5-22H,1-4H3;3*1H3;/q4*-1;+3. The molecule has 0 bridgehead atoms. The molecule has 2 aromatic heterocycles. The van der Waals surface area contributed by atoms with Gasteiger partial charge in [-0.2, -0.15) is 0 Å². The topological polar surface area (TPSA) is 31.9 Å². The van der Waals surface area contributed by atoms with Crippen molar-refractivity contribution in [3.8, 4) is 16.8 Å². The molecule has 4 heteroatoms. The molecule has 3 aromatic carbocycles. The molecule has 0 aliphatic heterocycles. The summed E-state index contributed by atoms with van der Waals surface area (Å²) >= 11 is 0. The van der Waals surface area contributed by atoms with Crippen LogP contribution in [0.3, 0.4) is 0 Å². The summed E-state index contributed by atoms with van der Waals surface area (Å²) in [5.74, 6) is 1.53. The third-order valence-corrected chi connectivity index (χ3v) is 6.32. The van der Waals surface area contributed by atoms with Crippen molar-refractivity contribution in [2.45, 2.75) is 39.5 Å². The van der Waals surface area contributed by atoms with Gasteiger partial charge in [-0.25, -0.2) is 0 Å². The van der Waals surface area contributed by atoms with E-state index in [-0.39, 0.29) is 48.5 Å². The minimum absolute atomic E-state index is 0. The average Bonchev–Trinajstić information content (AvgIpc) is 3.28. The summed E-state index contributed by atoms with van der Waals surface area (Å²) in [5.41, 5.74) is 7.98. The van der Waals surface area contributed by atoms with Crippen molar-refractivity contribution < 1.29 is 26.2 Å². The van der Waals surface area contributed by atoms with Crippen LogP contribution < -0.4 is 0 Å². The van der Waals surface area contributed by atoms with Gasteiger partial charge < -0.3 is 37.1 Å². The third-order valence-electron chi connectivity index (χ3n) is 6.32. The molecule has 195 valence electrons. The molecule has 1 radical (unpaired) electrons. The number of aromatic nitrogens is 2. The Balaban J connectivity index is 0.00000180. The van der Waals surface area contributed by atoms with E-state index in [4.69, 9.17) is 10.3 Å². The summed E-state index contributed by atoms with van der Waals surface area (Å²) in [4.78, 5) is 5.01. The molecular formula is C34H39N3Zr-. The van der Waals surface area contributed by atoms with Crippen LogP contribution in [0, 0.1) is 22.3 Å². The molecule has 0 saturated carbocycles. The van der Waals surface area contributed by atoms with Gasteiger partial charge in [0.05, 0.1) is 0 Å². The Hall–Kier alpha value is -2.97. The molecule has 5 rings (SSSR count). The molecule has 0 saturated heterocycles. The number of hydrogen-bond acceptors (Lipinski definition) is 1. The van der Waals surface area contributed by atoms with Crippen molar-refractivity contribution in [3.63, 3.8) is 0 Å². The van der Waals surface area contributed by atoms with E-state index in [1.54, 1.807) is 0 Å². The number of fused-ring (bicyclic) bond motifs is 1. The normalized spacial score (nSPS) is 10.3. The Bertz CT molecular complexity index is 1410. The Morgan fingerprint density at radius 2 is 1.26 bits per heavy atom. The zero-order valence-corrected chi connectivity index (χ0v) is 26.2. The van der Waals surface area contributed by atoms with Crippen molar-refractivity contribution in [2.24, 2.45) is 0 Å². The monoisotopic (exact) mass is 579 g/mol. The molecule has 0 atom stereocenters. The zero-order valence-electron chi connectivity index (χ0n) is 23.7. The van der Waals surface area contributed by atoms with Crippen molar-refractivity contribution >= 4 is 22.5 Å². The fourth-order valence-corrected chi connectivity index (χ4v) is 4.49. The molecule has 38 heavy (non-hydrogen) atoms. The predicted octanol–water partition coefficient (Wildman–Crippen LogP) is 10.6. The van der Waals surface area contributed by atoms with Crippen LogP contribution in [-0.2, 0) is 26.2 Å². The van der Waals surface area contributed by atoms with Crippen LogP contribution in [0.25, 0.3) is 33.2 Å². The Labute approximate surface area is 249 Å². The molecular weight excluding hydrogens is 542 g/mol. The summed E-state index contributed by atoms with van der Waals surface area (Å²) in [6.07, 6.45) is 2.09. The van der Waals surface area contributed by atoms with Crippen molar-refractivity contribution in [1.29, 1.82) is 0 Å². The van der Waals surface area contributed by atoms with Crippen LogP contribution >= 0.6 is 0 Å². The molecule has 0 unspecified atom stereocenters. The smallest absolute Gasteiger partial charge is 0.436 e. The second-order valence-electron chi connectivity index (χ2n) is 9.39. The van der Waals surface area contributed by atoms with Gasteiger partial charge >= 0.3 is 26.2 Å². The fourth-order valence-electron chi connectivity index (χ4n) is 4.49. The molecule has 0 N–H and O–H groups in total. The van der Waals surface area contributed by atoms with E-state index in [2.05, 4.69) is 117 Å². The molecule has 0 aliphatic carbocycles. The van der Waals surface area contributed by atoms with Gasteiger partial charge in [-0.15, -0.1) is 0 Å². The Kier molecular flexibility index (Phi) is 12.4. The Morgan fingerprint density at radius 3 is 1.89 bits per heavy atom. The molecule has 5 aromatic rings. The number of pyridine rings is 1.